The lowest BCUT2D eigenvalue weighted by atomic mass is 10.2. The second-order valence-corrected chi connectivity index (χ2v) is 5.71. The van der Waals surface area contributed by atoms with Gasteiger partial charge in [-0.2, -0.15) is 0 Å². The van der Waals surface area contributed by atoms with Gasteiger partial charge in [0, 0.05) is 17.0 Å². The van der Waals surface area contributed by atoms with Crippen LogP contribution in [-0.4, -0.2) is 32.3 Å². The number of aromatic amines is 1. The lowest BCUT2D eigenvalue weighted by Crippen LogP contribution is -2.10. The van der Waals surface area contributed by atoms with Crippen LogP contribution in [0, 0.1) is 0 Å². The number of methoxy groups -OCH3 is 1. The molecule has 0 saturated heterocycles. The van der Waals surface area contributed by atoms with E-state index >= 15 is 0 Å². The Morgan fingerprint density at radius 3 is 2.92 bits per heavy atom. The number of benzene rings is 1. The van der Waals surface area contributed by atoms with Crippen molar-refractivity contribution < 1.29 is 9.15 Å². The molecule has 126 valence electrons. The summed E-state index contributed by atoms with van der Waals surface area (Å²) in [5, 5.41) is 9.84. The highest BCUT2D eigenvalue weighted by Gasteiger charge is 2.20. The van der Waals surface area contributed by atoms with Crippen LogP contribution in [0.1, 0.15) is 0 Å². The van der Waals surface area contributed by atoms with E-state index in [9.17, 15) is 4.79 Å². The molecule has 0 atom stereocenters. The molecule has 0 amide bonds. The number of hydrogen-bond donors (Lipinski definition) is 1. The zero-order valence-corrected chi connectivity index (χ0v) is 13.6. The summed E-state index contributed by atoms with van der Waals surface area (Å²) in [4.78, 5) is 23.6. The van der Waals surface area contributed by atoms with Gasteiger partial charge in [-0.1, -0.05) is 0 Å². The summed E-state index contributed by atoms with van der Waals surface area (Å²) in [6.45, 7) is 0. The van der Waals surface area contributed by atoms with Crippen LogP contribution in [0.25, 0.3) is 45.0 Å². The lowest BCUT2D eigenvalue weighted by Gasteiger charge is -2.03. The zero-order valence-electron chi connectivity index (χ0n) is 13.6. The van der Waals surface area contributed by atoms with Crippen molar-refractivity contribution in [3.05, 3.63) is 52.9 Å². The van der Waals surface area contributed by atoms with Crippen molar-refractivity contribution in [1.29, 1.82) is 0 Å². The van der Waals surface area contributed by atoms with Crippen molar-refractivity contribution in [1.82, 2.24) is 25.1 Å². The van der Waals surface area contributed by atoms with Gasteiger partial charge in [-0.25, -0.2) is 9.97 Å². The van der Waals surface area contributed by atoms with Gasteiger partial charge in [-0.05, 0) is 36.4 Å². The van der Waals surface area contributed by atoms with Crippen LogP contribution in [-0.2, 0) is 0 Å². The first-order chi connectivity index (χ1) is 12.7. The summed E-state index contributed by atoms with van der Waals surface area (Å²) in [6.07, 6.45) is 1.61. The molecule has 0 fully saturated rings. The summed E-state index contributed by atoms with van der Waals surface area (Å²) in [5.74, 6) is 1.10. The number of rotatable bonds is 2. The van der Waals surface area contributed by atoms with Crippen LogP contribution in [0.2, 0.25) is 0 Å². The molecule has 4 heterocycles. The quantitative estimate of drug-likeness (QED) is 0.524. The third-order valence-electron chi connectivity index (χ3n) is 4.16. The maximum atomic E-state index is 12.4. The predicted molar refractivity (Wildman–Crippen MR) is 94.1 cm³/mol. The first kappa shape index (κ1) is 14.5. The van der Waals surface area contributed by atoms with Gasteiger partial charge in [-0.15, -0.1) is 10.2 Å². The molecule has 0 saturated carbocycles. The molecule has 0 bridgehead atoms. The van der Waals surface area contributed by atoms with Crippen molar-refractivity contribution in [3.8, 4) is 28.8 Å². The molecule has 5 rings (SSSR count). The van der Waals surface area contributed by atoms with Crippen molar-refractivity contribution in [3.63, 3.8) is 0 Å². The number of nitrogens with zero attached hydrogens (tertiary/aromatic N) is 4. The summed E-state index contributed by atoms with van der Waals surface area (Å²) in [7, 11) is 1.59. The molecule has 0 unspecified atom stereocenters. The summed E-state index contributed by atoms with van der Waals surface area (Å²) >= 11 is 0. The maximum absolute atomic E-state index is 12.4. The van der Waals surface area contributed by atoms with Crippen LogP contribution >= 0.6 is 0 Å². The van der Waals surface area contributed by atoms with Crippen molar-refractivity contribution >= 4 is 21.9 Å². The molecule has 1 N–H and O–H groups in total. The van der Waals surface area contributed by atoms with E-state index in [1.807, 2.05) is 24.3 Å². The van der Waals surface area contributed by atoms with Crippen molar-refractivity contribution in [2.24, 2.45) is 0 Å². The second kappa shape index (κ2) is 5.35. The van der Waals surface area contributed by atoms with E-state index in [0.29, 0.717) is 28.5 Å². The van der Waals surface area contributed by atoms with E-state index < -0.39 is 0 Å². The minimum absolute atomic E-state index is 0.0966. The Bertz CT molecular complexity index is 1310. The monoisotopic (exact) mass is 345 g/mol. The molecule has 3 aromatic rings. The zero-order chi connectivity index (χ0) is 17.7. The van der Waals surface area contributed by atoms with Gasteiger partial charge in [0.25, 0.3) is 17.3 Å². The molecule has 2 aliphatic rings. The van der Waals surface area contributed by atoms with Crippen LogP contribution in [0.3, 0.4) is 0 Å². The van der Waals surface area contributed by atoms with Gasteiger partial charge >= 0.3 is 0 Å². The van der Waals surface area contributed by atoms with Gasteiger partial charge < -0.3 is 14.1 Å². The van der Waals surface area contributed by atoms with Crippen LogP contribution in [0.15, 0.2) is 51.8 Å². The standard InChI is InChI=1S/C18H11N5O3/c1-25-10-4-5-13-11(8-10)14-18(20-13)26-17(23-22-14)12-7-9-3-2-6-19-15(9)21-16(12)24/h2-8H,1H3,(H,19,21,24). The van der Waals surface area contributed by atoms with Gasteiger partial charge in [-0.3, -0.25) is 4.79 Å². The molecule has 26 heavy (non-hydrogen) atoms. The highest BCUT2D eigenvalue weighted by Crippen LogP contribution is 2.32. The number of hydrogen-bond acceptors (Lipinski definition) is 7. The Morgan fingerprint density at radius 2 is 2.04 bits per heavy atom. The Kier molecular flexibility index (Phi) is 2.99. The average Bonchev–Trinajstić information content (AvgIpc) is 3.04. The molecule has 8 nitrogen and oxygen atoms in total. The van der Waals surface area contributed by atoms with Crippen molar-refractivity contribution in [2.75, 3.05) is 7.11 Å². The molecule has 8 heteroatoms. The molecule has 0 spiro atoms. The van der Waals surface area contributed by atoms with Crippen LogP contribution in [0.5, 0.6) is 5.75 Å². The summed E-state index contributed by atoms with van der Waals surface area (Å²) in [5.41, 5.74) is 1.64. The highest BCUT2D eigenvalue weighted by atomic mass is 16.5. The number of fused-ring (bicyclic) bond motifs is 4. The second-order valence-electron chi connectivity index (χ2n) is 5.71. The predicted octanol–water partition coefficient (Wildman–Crippen LogP) is 2.63. The number of pyridine rings is 2. The van der Waals surface area contributed by atoms with E-state index in [-0.39, 0.29) is 17.0 Å². The lowest BCUT2D eigenvalue weighted by molar-refractivity contribution is 0.415. The van der Waals surface area contributed by atoms with E-state index in [0.717, 1.165) is 10.8 Å². The largest absolute Gasteiger partial charge is 0.497 e. The topological polar surface area (TPSA) is 107 Å². The minimum Gasteiger partial charge on any atom is -0.497 e. The third kappa shape index (κ3) is 2.12. The number of aromatic nitrogens is 5. The smallest absolute Gasteiger partial charge is 0.262 e. The first-order valence-corrected chi connectivity index (χ1v) is 7.82. The Morgan fingerprint density at radius 1 is 1.12 bits per heavy atom. The van der Waals surface area contributed by atoms with Gasteiger partial charge in [0.15, 0.2) is 5.69 Å². The number of ether oxygens (including phenoxy) is 1. The normalized spacial score (nSPS) is 11.4. The Balaban J connectivity index is 1.73. The number of H-pyrrole nitrogens is 1. The third-order valence-corrected chi connectivity index (χ3v) is 4.16. The van der Waals surface area contributed by atoms with E-state index in [1.165, 1.54) is 0 Å². The van der Waals surface area contributed by atoms with E-state index in [4.69, 9.17) is 9.15 Å². The van der Waals surface area contributed by atoms with Crippen molar-refractivity contribution in [2.45, 2.75) is 0 Å². The van der Waals surface area contributed by atoms with E-state index in [2.05, 4.69) is 25.1 Å². The fourth-order valence-electron chi connectivity index (χ4n) is 2.88. The molecule has 2 aromatic heterocycles. The fraction of sp³-hybridized carbons (Fsp3) is 0.0556. The Labute approximate surface area is 145 Å². The first-order valence-electron chi connectivity index (χ1n) is 7.82. The Hall–Kier alpha value is -3.81. The molecule has 0 radical (unpaired) electrons. The molecule has 0 aliphatic carbocycles. The minimum atomic E-state index is -0.355. The summed E-state index contributed by atoms with van der Waals surface area (Å²) in [6, 6.07) is 10.8. The van der Waals surface area contributed by atoms with Gasteiger partial charge in [0.1, 0.15) is 17.0 Å². The molecule has 1 aromatic carbocycles. The average molecular weight is 345 g/mol. The molecular weight excluding hydrogens is 334 g/mol. The van der Waals surface area contributed by atoms with Gasteiger partial charge in [0.2, 0.25) is 0 Å². The highest BCUT2D eigenvalue weighted by molar-refractivity contribution is 5.94. The van der Waals surface area contributed by atoms with Crippen LogP contribution in [0.4, 0.5) is 0 Å². The van der Waals surface area contributed by atoms with Crippen LogP contribution < -0.4 is 10.3 Å². The SMILES string of the molecule is COc1ccc2nc3oc(-c4cc5cccnc5[nH]c4=O)nnc-3c2c1. The molecular formula is C18H11N5O3. The summed E-state index contributed by atoms with van der Waals surface area (Å²) < 4.78 is 11.0. The maximum Gasteiger partial charge on any atom is 0.262 e. The van der Waals surface area contributed by atoms with Gasteiger partial charge in [0.05, 0.1) is 12.6 Å². The molecule has 2 aliphatic heterocycles. The van der Waals surface area contributed by atoms with E-state index in [1.54, 1.807) is 25.4 Å². The fourth-order valence-corrected chi connectivity index (χ4v) is 2.88. The number of nitrogens with one attached hydrogen (secondary N) is 1.